The molecular weight excluding hydrogens is 899 g/mol. The Hall–Kier alpha value is -7.03. The van der Waals surface area contributed by atoms with Crippen LogP contribution in [0.1, 0.15) is 44.4 Å². The second kappa shape index (κ2) is 19.8. The summed E-state index contributed by atoms with van der Waals surface area (Å²) in [6.45, 7) is 6.75. The third-order valence-corrected chi connectivity index (χ3v) is 14.5. The largest absolute Gasteiger partial charge is 0.497 e. The van der Waals surface area contributed by atoms with Crippen LogP contribution >= 0.6 is 0 Å². The Morgan fingerprint density at radius 3 is 1.87 bits per heavy atom. The highest BCUT2D eigenvalue weighted by Gasteiger charge is 2.38. The van der Waals surface area contributed by atoms with Gasteiger partial charge in [-0.1, -0.05) is 54.6 Å². The van der Waals surface area contributed by atoms with Gasteiger partial charge < -0.3 is 34.6 Å². The summed E-state index contributed by atoms with van der Waals surface area (Å²) in [5.74, 6) is 1.10. The molecule has 0 aliphatic heterocycles. The third-order valence-electron chi connectivity index (χ3n) is 10.7. The second-order valence-electron chi connectivity index (χ2n) is 16.4. The van der Waals surface area contributed by atoms with E-state index < -0.39 is 53.6 Å². The van der Waals surface area contributed by atoms with Crippen molar-refractivity contribution in [1.82, 2.24) is 39.4 Å². The summed E-state index contributed by atoms with van der Waals surface area (Å²) in [5, 5.41) is 16.0. The van der Waals surface area contributed by atoms with E-state index in [0.29, 0.717) is 51.5 Å². The number of nitrogen functional groups attached to an aromatic ring is 1. The molecule has 3 N–H and O–H groups in total. The third kappa shape index (κ3) is 10.8. The summed E-state index contributed by atoms with van der Waals surface area (Å²) >= 11 is 0. The number of amides is 1. The normalized spacial score (nSPS) is 12.1. The van der Waals surface area contributed by atoms with E-state index in [-0.39, 0.29) is 42.5 Å². The van der Waals surface area contributed by atoms with Crippen LogP contribution in [0.15, 0.2) is 113 Å². The molecule has 7 rings (SSSR count). The Bertz CT molecular complexity index is 3050. The van der Waals surface area contributed by atoms with Crippen LogP contribution in [0.3, 0.4) is 0 Å². The summed E-state index contributed by atoms with van der Waals surface area (Å²) in [4.78, 5) is 17.5. The van der Waals surface area contributed by atoms with Gasteiger partial charge in [-0.15, -0.1) is 10.2 Å². The molecule has 0 bridgehead atoms. The second-order valence-corrected chi connectivity index (χ2v) is 20.4. The fraction of sp³-hybridized carbons (Fsp3) is 0.298. The zero-order valence-electron chi connectivity index (χ0n) is 38.3. The lowest BCUT2D eigenvalue weighted by atomic mass is 9.98. The van der Waals surface area contributed by atoms with Crippen molar-refractivity contribution in [2.75, 3.05) is 39.4 Å². The smallest absolute Gasteiger partial charge is 0.407 e. The van der Waals surface area contributed by atoms with Gasteiger partial charge >= 0.3 is 6.09 Å². The number of sulfone groups is 1. The number of rotatable bonds is 18. The SMILES string of the molecule is CCn1c(N)nc2c(-c3ccc(S(=O)(=O)CCNC(=O)OC(C)(C)C)c(S(=O)(=O)N(Cc4ccc(OC)cc4)Cc4ccc(OC)cc4)c3-c3nnn(Cc4ccc(OC)cc4)n3)cccc21. The summed E-state index contributed by atoms with van der Waals surface area (Å²) < 4.78 is 86.4. The molecule has 352 valence electrons. The number of methoxy groups -OCH3 is 3. The molecule has 0 radical (unpaired) electrons. The number of tetrazole rings is 1. The maximum absolute atomic E-state index is 16.1. The van der Waals surface area contributed by atoms with E-state index in [9.17, 15) is 13.2 Å². The predicted octanol–water partition coefficient (Wildman–Crippen LogP) is 6.72. The zero-order valence-corrected chi connectivity index (χ0v) is 39.9. The molecule has 0 saturated carbocycles. The lowest BCUT2D eigenvalue weighted by molar-refractivity contribution is 0.0531. The number of carbonyl (C=O) groups excluding carboxylic acids is 1. The molecule has 0 unspecified atom stereocenters. The molecule has 20 heteroatoms. The van der Waals surface area contributed by atoms with Crippen LogP contribution in [0.2, 0.25) is 0 Å². The first-order chi connectivity index (χ1) is 31.9. The van der Waals surface area contributed by atoms with Gasteiger partial charge in [-0.05, 0) is 104 Å². The first-order valence-corrected chi connectivity index (χ1v) is 24.3. The van der Waals surface area contributed by atoms with Gasteiger partial charge in [-0.3, -0.25) is 0 Å². The lowest BCUT2D eigenvalue weighted by Gasteiger charge is -2.26. The van der Waals surface area contributed by atoms with E-state index in [1.54, 1.807) is 101 Å². The Labute approximate surface area is 389 Å². The number of nitrogens with one attached hydrogen (secondary N) is 1. The zero-order chi connectivity index (χ0) is 48.1. The van der Waals surface area contributed by atoms with E-state index in [0.717, 1.165) is 5.56 Å². The number of hydrogen-bond donors (Lipinski definition) is 2. The molecular formula is C47H53N9O9S2. The van der Waals surface area contributed by atoms with Crippen LogP contribution in [0, 0.1) is 0 Å². The molecule has 0 atom stereocenters. The summed E-state index contributed by atoms with van der Waals surface area (Å²) in [6.07, 6.45) is -0.840. The molecule has 2 heterocycles. The van der Waals surface area contributed by atoms with Crippen molar-refractivity contribution in [2.45, 2.75) is 69.3 Å². The molecule has 7 aromatic rings. The average molecular weight is 952 g/mol. The quantitative estimate of drug-likeness (QED) is 0.0911. The molecule has 0 aliphatic rings. The molecule has 0 spiro atoms. The van der Waals surface area contributed by atoms with E-state index in [1.807, 2.05) is 29.7 Å². The first-order valence-electron chi connectivity index (χ1n) is 21.2. The van der Waals surface area contributed by atoms with Crippen molar-refractivity contribution in [3.63, 3.8) is 0 Å². The Balaban J connectivity index is 1.50. The van der Waals surface area contributed by atoms with E-state index in [1.165, 1.54) is 35.5 Å². The molecule has 67 heavy (non-hydrogen) atoms. The van der Waals surface area contributed by atoms with E-state index >= 15 is 8.42 Å². The van der Waals surface area contributed by atoms with Gasteiger partial charge in [0.15, 0.2) is 9.84 Å². The van der Waals surface area contributed by atoms with Gasteiger partial charge in [0.1, 0.15) is 27.7 Å². The number of sulfonamides is 1. The van der Waals surface area contributed by atoms with Crippen LogP contribution < -0.4 is 25.3 Å². The van der Waals surface area contributed by atoms with Gasteiger partial charge in [0.2, 0.25) is 21.8 Å². The number of fused-ring (bicyclic) bond motifs is 1. The predicted molar refractivity (Wildman–Crippen MR) is 253 cm³/mol. The molecule has 0 aliphatic carbocycles. The molecule has 0 saturated heterocycles. The number of aryl methyl sites for hydroxylation is 1. The van der Waals surface area contributed by atoms with Gasteiger partial charge in [0, 0.05) is 31.7 Å². The topological polar surface area (TPSA) is 225 Å². The number of imidazole rings is 1. The molecule has 1 amide bonds. The van der Waals surface area contributed by atoms with Crippen molar-refractivity contribution < 1.29 is 40.6 Å². The fourth-order valence-corrected chi connectivity index (χ4v) is 11.1. The van der Waals surface area contributed by atoms with Crippen molar-refractivity contribution in [2.24, 2.45) is 0 Å². The summed E-state index contributed by atoms with van der Waals surface area (Å²) in [7, 11) is -4.91. The summed E-state index contributed by atoms with van der Waals surface area (Å²) in [5.41, 5.74) is 9.14. The Morgan fingerprint density at radius 1 is 0.761 bits per heavy atom. The number of nitrogens with zero attached hydrogens (tertiary/aromatic N) is 7. The number of nitrogens with two attached hydrogens (primary N) is 1. The number of alkyl carbamates (subject to hydrolysis) is 1. The van der Waals surface area contributed by atoms with E-state index in [4.69, 9.17) is 34.8 Å². The van der Waals surface area contributed by atoms with Crippen LogP contribution in [0.4, 0.5) is 10.7 Å². The highest BCUT2D eigenvalue weighted by Crippen LogP contribution is 2.43. The van der Waals surface area contributed by atoms with Gasteiger partial charge in [0.25, 0.3) is 0 Å². The average Bonchev–Trinajstić information content (AvgIpc) is 3.91. The standard InChI is InChI=1S/C47H53N9O9S2/c1-8-55-39-11-9-10-38(42(39)50-45(55)48)37-24-25-40(66(58,59)27-26-49-46(57)65-47(2,3)4)43(41(37)44-51-53-56(52-44)30-33-16-22-36(64-7)23-17-33)67(60,61)54(28-31-12-18-34(62-5)19-13-31)29-32-14-20-35(63-6)21-15-32/h9-25H,8,26-30H2,1-7H3,(H2,48,50)(H,49,57). The summed E-state index contributed by atoms with van der Waals surface area (Å²) in [6, 6.07) is 29.1. The Morgan fingerprint density at radius 2 is 1.33 bits per heavy atom. The highest BCUT2D eigenvalue weighted by molar-refractivity contribution is 7.93. The van der Waals surface area contributed by atoms with Crippen LogP contribution in [-0.4, -0.2) is 96.2 Å². The van der Waals surface area contributed by atoms with Crippen molar-refractivity contribution in [1.29, 1.82) is 0 Å². The number of ether oxygens (including phenoxy) is 4. The highest BCUT2D eigenvalue weighted by atomic mass is 32.2. The number of para-hydroxylation sites is 1. The van der Waals surface area contributed by atoms with Gasteiger partial charge in [0.05, 0.1) is 55.1 Å². The minimum Gasteiger partial charge on any atom is -0.497 e. The number of benzene rings is 5. The molecule has 5 aromatic carbocycles. The van der Waals surface area contributed by atoms with Crippen molar-refractivity contribution in [3.8, 4) is 39.8 Å². The number of aromatic nitrogens is 6. The molecule has 18 nitrogen and oxygen atoms in total. The fourth-order valence-electron chi connectivity index (χ4n) is 7.47. The van der Waals surface area contributed by atoms with Crippen LogP contribution in [0.25, 0.3) is 33.5 Å². The number of carbonyl (C=O) groups is 1. The minimum atomic E-state index is -4.94. The first kappa shape index (κ1) is 47.9. The number of anilines is 1. The Kier molecular flexibility index (Phi) is 14.2. The minimum absolute atomic E-state index is 0.122. The maximum atomic E-state index is 16.1. The monoisotopic (exact) mass is 951 g/mol. The molecule has 2 aromatic heterocycles. The van der Waals surface area contributed by atoms with Gasteiger partial charge in [-0.25, -0.2) is 26.6 Å². The number of hydrogen-bond acceptors (Lipinski definition) is 14. The van der Waals surface area contributed by atoms with E-state index in [2.05, 4.69) is 15.6 Å². The van der Waals surface area contributed by atoms with Crippen molar-refractivity contribution in [3.05, 3.63) is 120 Å². The van der Waals surface area contributed by atoms with Crippen LogP contribution in [-0.2, 0) is 50.8 Å². The van der Waals surface area contributed by atoms with Crippen molar-refractivity contribution >= 4 is 42.9 Å². The van der Waals surface area contributed by atoms with Crippen LogP contribution in [0.5, 0.6) is 17.2 Å². The van der Waals surface area contributed by atoms with Gasteiger partial charge in [-0.2, -0.15) is 9.10 Å². The maximum Gasteiger partial charge on any atom is 0.407 e. The molecule has 0 fully saturated rings. The lowest BCUT2D eigenvalue weighted by Crippen LogP contribution is -2.35.